The van der Waals surface area contributed by atoms with E-state index in [-0.39, 0.29) is 12.2 Å². The molecule has 9 nitrogen and oxygen atoms in total. The van der Waals surface area contributed by atoms with Crippen LogP contribution < -0.4 is 16.4 Å². The summed E-state index contributed by atoms with van der Waals surface area (Å²) in [7, 11) is 0. The lowest BCUT2D eigenvalue weighted by Crippen LogP contribution is -2.56. The monoisotopic (exact) mass is 480 g/mol. The van der Waals surface area contributed by atoms with Crippen molar-refractivity contribution in [3.8, 4) is 5.75 Å². The Labute approximate surface area is 196 Å². The van der Waals surface area contributed by atoms with Crippen molar-refractivity contribution in [3.63, 3.8) is 0 Å². The maximum absolute atomic E-state index is 13.3. The Morgan fingerprint density at radius 1 is 1.25 bits per heavy atom. The summed E-state index contributed by atoms with van der Waals surface area (Å²) in [4.78, 5) is 51.2. The Morgan fingerprint density at radius 3 is 2.53 bits per heavy atom. The molecule has 174 valence electrons. The number of phenolic OH excluding ortho intramolecular Hbond substituents is 1. The lowest BCUT2D eigenvalue weighted by atomic mass is 10.0. The molecule has 1 aromatic rings. The van der Waals surface area contributed by atoms with Crippen molar-refractivity contribution in [1.82, 2.24) is 15.5 Å². The first kappa shape index (κ1) is 25.6. The van der Waals surface area contributed by atoms with Crippen LogP contribution in [0.15, 0.2) is 24.3 Å². The SMILES string of the molecule is CSCC[C@H](NC(=O)[C@@H]1CCCN1C(=O)[C@H](Cc1ccc(O)cc1)NC(=O)C=S)C(N)=O. The van der Waals surface area contributed by atoms with Gasteiger partial charge in [-0.1, -0.05) is 24.4 Å². The molecule has 0 unspecified atom stereocenters. The minimum absolute atomic E-state index is 0.0845. The minimum Gasteiger partial charge on any atom is -0.508 e. The third-order valence-corrected chi connectivity index (χ3v) is 6.06. The number of primary amides is 1. The molecule has 0 saturated carbocycles. The molecule has 1 heterocycles. The Hall–Kier alpha value is -2.66. The summed E-state index contributed by atoms with van der Waals surface area (Å²) in [6, 6.07) is 3.77. The van der Waals surface area contributed by atoms with Crippen molar-refractivity contribution < 1.29 is 24.3 Å². The fourth-order valence-corrected chi connectivity index (χ4v) is 4.11. The molecule has 11 heteroatoms. The fraction of sp³-hybridized carbons (Fsp3) is 0.476. The van der Waals surface area contributed by atoms with Gasteiger partial charge in [-0.2, -0.15) is 11.8 Å². The van der Waals surface area contributed by atoms with E-state index in [1.54, 1.807) is 12.1 Å². The molecule has 1 saturated heterocycles. The molecule has 5 N–H and O–H groups in total. The number of thioether (sulfide) groups is 1. The molecule has 0 aliphatic carbocycles. The van der Waals surface area contributed by atoms with Gasteiger partial charge in [0.15, 0.2) is 0 Å². The highest BCUT2D eigenvalue weighted by Gasteiger charge is 2.38. The number of likely N-dealkylation sites (tertiary alicyclic amines) is 1. The second-order valence-electron chi connectivity index (χ2n) is 7.48. The van der Waals surface area contributed by atoms with Crippen molar-refractivity contribution in [2.45, 2.75) is 43.8 Å². The summed E-state index contributed by atoms with van der Waals surface area (Å²) in [5, 5.41) is 15.6. The van der Waals surface area contributed by atoms with E-state index in [0.717, 1.165) is 10.9 Å². The van der Waals surface area contributed by atoms with Crippen LogP contribution in [-0.2, 0) is 25.6 Å². The molecule has 0 bridgehead atoms. The maximum atomic E-state index is 13.3. The first-order valence-electron chi connectivity index (χ1n) is 10.2. The number of aromatic hydroxyl groups is 1. The first-order valence-corrected chi connectivity index (χ1v) is 12.1. The highest BCUT2D eigenvalue weighted by atomic mass is 32.2. The second-order valence-corrected chi connectivity index (χ2v) is 8.71. The Kier molecular flexibility index (Phi) is 9.92. The van der Waals surface area contributed by atoms with E-state index in [9.17, 15) is 24.3 Å². The number of carbonyl (C=O) groups excluding carboxylic acids is 4. The molecule has 1 aliphatic rings. The zero-order valence-electron chi connectivity index (χ0n) is 17.8. The molecule has 0 spiro atoms. The number of thiocarbonyl (C=S) groups is 1. The van der Waals surface area contributed by atoms with Crippen molar-refractivity contribution in [2.24, 2.45) is 5.73 Å². The third kappa shape index (κ3) is 7.20. The number of carbonyl (C=O) groups is 4. The van der Waals surface area contributed by atoms with Crippen LogP contribution >= 0.6 is 24.0 Å². The van der Waals surface area contributed by atoms with Gasteiger partial charge in [0.25, 0.3) is 5.91 Å². The molecule has 1 aliphatic heterocycles. The predicted molar refractivity (Wildman–Crippen MR) is 126 cm³/mol. The van der Waals surface area contributed by atoms with Gasteiger partial charge in [-0.15, -0.1) is 0 Å². The standard InChI is InChI=1S/C21H28N4O5S2/c1-32-10-8-15(19(22)28)24-20(29)17-3-2-9-25(17)21(30)16(23-18(27)12-31)11-13-4-6-14(26)7-5-13/h4-7,12,15-17,26H,2-3,8-11H2,1H3,(H2,22,28)(H,23,27)(H,24,29)/t15-,16-,17-/m0/s1. The number of hydrogen-bond donors (Lipinski definition) is 4. The van der Waals surface area contributed by atoms with Gasteiger partial charge in [0.2, 0.25) is 17.7 Å². The lowest BCUT2D eigenvalue weighted by Gasteiger charge is -2.29. The largest absolute Gasteiger partial charge is 0.508 e. The van der Waals surface area contributed by atoms with Gasteiger partial charge in [-0.05, 0) is 49.0 Å². The number of nitrogens with zero attached hydrogens (tertiary/aromatic N) is 1. The summed E-state index contributed by atoms with van der Waals surface area (Å²) in [5.41, 5.74) is 6.13. The van der Waals surface area contributed by atoms with Crippen LogP contribution in [0.2, 0.25) is 0 Å². The number of nitrogens with one attached hydrogen (secondary N) is 2. The molecule has 1 fully saturated rings. The first-order chi connectivity index (χ1) is 15.3. The van der Waals surface area contributed by atoms with E-state index < -0.39 is 41.8 Å². The van der Waals surface area contributed by atoms with Crippen molar-refractivity contribution in [2.75, 3.05) is 18.6 Å². The third-order valence-electron chi connectivity index (χ3n) is 5.21. The van der Waals surface area contributed by atoms with Crippen LogP contribution in [0.5, 0.6) is 5.75 Å². The molecule has 4 amide bonds. The number of benzene rings is 1. The highest BCUT2D eigenvalue weighted by molar-refractivity contribution is 7.98. The molecule has 32 heavy (non-hydrogen) atoms. The Balaban J connectivity index is 2.16. The summed E-state index contributed by atoms with van der Waals surface area (Å²) >= 11 is 6.20. The average Bonchev–Trinajstić information content (AvgIpc) is 3.26. The average molecular weight is 481 g/mol. The van der Waals surface area contributed by atoms with Gasteiger partial charge in [-0.3, -0.25) is 19.2 Å². The Bertz CT molecular complexity index is 849. The van der Waals surface area contributed by atoms with Crippen LogP contribution in [0.4, 0.5) is 0 Å². The van der Waals surface area contributed by atoms with Gasteiger partial charge in [0.05, 0.1) is 5.37 Å². The summed E-state index contributed by atoms with van der Waals surface area (Å²) in [6.45, 7) is 0.350. The number of rotatable bonds is 11. The van der Waals surface area contributed by atoms with Gasteiger partial charge < -0.3 is 26.4 Å². The van der Waals surface area contributed by atoms with E-state index in [2.05, 4.69) is 22.9 Å². The highest BCUT2D eigenvalue weighted by Crippen LogP contribution is 2.21. The Morgan fingerprint density at radius 2 is 1.94 bits per heavy atom. The molecule has 0 radical (unpaired) electrons. The topological polar surface area (TPSA) is 142 Å². The molecular formula is C21H28N4O5S2. The normalized spacial score (nSPS) is 17.3. The number of nitrogens with two attached hydrogens (primary N) is 1. The van der Waals surface area contributed by atoms with Crippen LogP contribution in [0.1, 0.15) is 24.8 Å². The van der Waals surface area contributed by atoms with Gasteiger partial charge in [-0.25, -0.2) is 0 Å². The predicted octanol–water partition coefficient (Wildman–Crippen LogP) is 0.133. The van der Waals surface area contributed by atoms with E-state index in [0.29, 0.717) is 31.6 Å². The summed E-state index contributed by atoms with van der Waals surface area (Å²) in [6.07, 6.45) is 3.51. The molecule has 1 aromatic carbocycles. The van der Waals surface area contributed by atoms with Crippen LogP contribution in [0.25, 0.3) is 0 Å². The molecular weight excluding hydrogens is 452 g/mol. The van der Waals surface area contributed by atoms with Crippen LogP contribution in [-0.4, -0.2) is 75.7 Å². The second kappa shape index (κ2) is 12.4. The molecule has 3 atom stereocenters. The van der Waals surface area contributed by atoms with E-state index >= 15 is 0 Å². The van der Waals surface area contributed by atoms with E-state index in [1.165, 1.54) is 28.8 Å². The fourth-order valence-electron chi connectivity index (χ4n) is 3.57. The zero-order valence-corrected chi connectivity index (χ0v) is 19.4. The molecule has 0 aromatic heterocycles. The molecule has 2 rings (SSSR count). The number of amides is 4. The number of phenols is 1. The van der Waals surface area contributed by atoms with Crippen LogP contribution in [0.3, 0.4) is 0 Å². The lowest BCUT2D eigenvalue weighted by molar-refractivity contribution is -0.141. The zero-order chi connectivity index (χ0) is 23.7. The quantitative estimate of drug-likeness (QED) is 0.330. The maximum Gasteiger partial charge on any atom is 0.255 e. The van der Waals surface area contributed by atoms with Gasteiger partial charge in [0.1, 0.15) is 23.9 Å². The van der Waals surface area contributed by atoms with Crippen molar-refractivity contribution in [3.05, 3.63) is 29.8 Å². The van der Waals surface area contributed by atoms with Crippen LogP contribution in [0, 0.1) is 0 Å². The summed E-state index contributed by atoms with van der Waals surface area (Å²) < 4.78 is 0. The number of hydrogen-bond acceptors (Lipinski definition) is 7. The van der Waals surface area contributed by atoms with Gasteiger partial charge >= 0.3 is 0 Å². The van der Waals surface area contributed by atoms with Gasteiger partial charge in [0, 0.05) is 13.0 Å². The minimum atomic E-state index is -0.942. The van der Waals surface area contributed by atoms with Crippen molar-refractivity contribution >= 4 is 53.0 Å². The smallest absolute Gasteiger partial charge is 0.255 e. The summed E-state index contributed by atoms with van der Waals surface area (Å²) in [5.74, 6) is -1.32. The van der Waals surface area contributed by atoms with E-state index in [4.69, 9.17) is 5.73 Å². The van der Waals surface area contributed by atoms with E-state index in [1.807, 2.05) is 6.26 Å². The van der Waals surface area contributed by atoms with Crippen molar-refractivity contribution in [1.29, 1.82) is 0 Å².